The minimum absolute atomic E-state index is 0.0316. The summed E-state index contributed by atoms with van der Waals surface area (Å²) < 4.78 is 0. The smallest absolute Gasteiger partial charge is 0.315 e. The summed E-state index contributed by atoms with van der Waals surface area (Å²) >= 11 is 5.83. The van der Waals surface area contributed by atoms with Gasteiger partial charge >= 0.3 is 6.03 Å². The van der Waals surface area contributed by atoms with Crippen LogP contribution in [-0.4, -0.2) is 12.6 Å². The fourth-order valence-corrected chi connectivity index (χ4v) is 1.69. The lowest BCUT2D eigenvalue weighted by Gasteiger charge is -2.17. The summed E-state index contributed by atoms with van der Waals surface area (Å²) in [5, 5.41) is 6.45. The molecule has 0 aliphatic rings. The van der Waals surface area contributed by atoms with E-state index >= 15 is 0 Å². The molecule has 3 nitrogen and oxygen atoms in total. The van der Waals surface area contributed by atoms with Gasteiger partial charge < -0.3 is 10.6 Å². The Morgan fingerprint density at radius 3 is 2.47 bits per heavy atom. The van der Waals surface area contributed by atoms with Crippen molar-refractivity contribution in [3.8, 4) is 0 Å². The number of carbonyl (C=O) groups is 1. The van der Waals surface area contributed by atoms with Crippen molar-refractivity contribution in [2.45, 2.75) is 32.7 Å². The Balaban J connectivity index is 2.59. The standard InChI is InChI=1S/C13H19ClN2O/c1-3-9-15-13(17)16-12(4-2)10-5-7-11(14)8-6-10/h5-8,12H,3-4,9H2,1-2H3,(H2,15,16,17)/t12-/m0/s1. The molecule has 0 bridgehead atoms. The molecule has 0 saturated carbocycles. The van der Waals surface area contributed by atoms with Crippen LogP contribution in [-0.2, 0) is 0 Å². The first-order chi connectivity index (χ1) is 8.17. The zero-order chi connectivity index (χ0) is 12.7. The predicted octanol–water partition coefficient (Wildman–Crippen LogP) is 3.50. The number of hydrogen-bond acceptors (Lipinski definition) is 1. The van der Waals surface area contributed by atoms with Gasteiger partial charge in [0.25, 0.3) is 0 Å². The summed E-state index contributed by atoms with van der Waals surface area (Å²) in [6, 6.07) is 7.47. The first-order valence-electron chi connectivity index (χ1n) is 5.97. The Morgan fingerprint density at radius 2 is 1.94 bits per heavy atom. The number of amides is 2. The Labute approximate surface area is 108 Å². The molecular weight excluding hydrogens is 236 g/mol. The van der Waals surface area contributed by atoms with Gasteiger partial charge in [0.05, 0.1) is 6.04 Å². The SMILES string of the molecule is CCCNC(=O)N[C@@H](CC)c1ccc(Cl)cc1. The Hall–Kier alpha value is -1.22. The van der Waals surface area contributed by atoms with Crippen molar-refractivity contribution in [3.05, 3.63) is 34.9 Å². The molecule has 2 N–H and O–H groups in total. The lowest BCUT2D eigenvalue weighted by atomic mass is 10.1. The second-order valence-electron chi connectivity index (χ2n) is 3.91. The van der Waals surface area contributed by atoms with Gasteiger partial charge in [-0.2, -0.15) is 0 Å². The third kappa shape index (κ3) is 4.65. The second-order valence-corrected chi connectivity index (χ2v) is 4.35. The fraction of sp³-hybridized carbons (Fsp3) is 0.462. The van der Waals surface area contributed by atoms with Crippen LogP contribution >= 0.6 is 11.6 Å². The van der Waals surface area contributed by atoms with Crippen LogP contribution in [0.15, 0.2) is 24.3 Å². The molecular formula is C13H19ClN2O. The highest BCUT2D eigenvalue weighted by molar-refractivity contribution is 6.30. The lowest BCUT2D eigenvalue weighted by molar-refractivity contribution is 0.236. The van der Waals surface area contributed by atoms with E-state index in [2.05, 4.69) is 10.6 Å². The molecule has 1 rings (SSSR count). The average molecular weight is 255 g/mol. The van der Waals surface area contributed by atoms with Gasteiger partial charge in [-0.3, -0.25) is 0 Å². The van der Waals surface area contributed by atoms with Crippen LogP contribution in [0.2, 0.25) is 5.02 Å². The van der Waals surface area contributed by atoms with Crippen LogP contribution in [0.5, 0.6) is 0 Å². The molecule has 0 radical (unpaired) electrons. The molecule has 0 aromatic heterocycles. The summed E-state index contributed by atoms with van der Waals surface area (Å²) in [6.07, 6.45) is 1.78. The Bertz CT molecular complexity index is 351. The van der Waals surface area contributed by atoms with Gasteiger partial charge in [0.1, 0.15) is 0 Å². The van der Waals surface area contributed by atoms with Crippen molar-refractivity contribution in [2.75, 3.05) is 6.54 Å². The van der Waals surface area contributed by atoms with Gasteiger partial charge in [-0.15, -0.1) is 0 Å². The van der Waals surface area contributed by atoms with E-state index in [1.165, 1.54) is 0 Å². The van der Waals surface area contributed by atoms with Gasteiger partial charge in [-0.1, -0.05) is 37.6 Å². The van der Waals surface area contributed by atoms with E-state index in [0.29, 0.717) is 11.6 Å². The molecule has 0 heterocycles. The largest absolute Gasteiger partial charge is 0.338 e. The van der Waals surface area contributed by atoms with Gasteiger partial charge in [0.15, 0.2) is 0 Å². The van der Waals surface area contributed by atoms with Crippen LogP contribution in [0.25, 0.3) is 0 Å². The summed E-state index contributed by atoms with van der Waals surface area (Å²) in [6.45, 7) is 4.76. The second kappa shape index (κ2) is 7.17. The van der Waals surface area contributed by atoms with E-state index in [1.54, 1.807) is 0 Å². The first-order valence-corrected chi connectivity index (χ1v) is 6.35. The summed E-state index contributed by atoms with van der Waals surface area (Å²) in [7, 11) is 0. The number of rotatable bonds is 5. The monoisotopic (exact) mass is 254 g/mol. The fourth-order valence-electron chi connectivity index (χ4n) is 1.56. The van der Waals surface area contributed by atoms with Crippen molar-refractivity contribution < 1.29 is 4.79 Å². The third-order valence-electron chi connectivity index (χ3n) is 2.52. The topological polar surface area (TPSA) is 41.1 Å². The average Bonchev–Trinajstić information content (AvgIpc) is 2.34. The van der Waals surface area contributed by atoms with Crippen LogP contribution in [0.4, 0.5) is 4.79 Å². The molecule has 2 amide bonds. The van der Waals surface area contributed by atoms with E-state index in [4.69, 9.17) is 11.6 Å². The van der Waals surface area contributed by atoms with Crippen molar-refractivity contribution in [3.63, 3.8) is 0 Å². The van der Waals surface area contributed by atoms with Gasteiger partial charge in [0, 0.05) is 11.6 Å². The van der Waals surface area contributed by atoms with E-state index in [-0.39, 0.29) is 12.1 Å². The molecule has 4 heteroatoms. The maximum Gasteiger partial charge on any atom is 0.315 e. The molecule has 0 aliphatic carbocycles. The summed E-state index contributed by atoms with van der Waals surface area (Å²) in [5.41, 5.74) is 1.07. The number of hydrogen-bond donors (Lipinski definition) is 2. The Morgan fingerprint density at radius 1 is 1.29 bits per heavy atom. The minimum Gasteiger partial charge on any atom is -0.338 e. The van der Waals surface area contributed by atoms with Crippen molar-refractivity contribution in [1.82, 2.24) is 10.6 Å². The normalized spacial score (nSPS) is 11.9. The molecule has 1 atom stereocenters. The van der Waals surface area contributed by atoms with E-state index < -0.39 is 0 Å². The highest BCUT2D eigenvalue weighted by atomic mass is 35.5. The maximum atomic E-state index is 11.6. The highest BCUT2D eigenvalue weighted by Crippen LogP contribution is 2.18. The number of nitrogens with one attached hydrogen (secondary N) is 2. The third-order valence-corrected chi connectivity index (χ3v) is 2.77. The lowest BCUT2D eigenvalue weighted by Crippen LogP contribution is -2.38. The highest BCUT2D eigenvalue weighted by Gasteiger charge is 2.11. The summed E-state index contributed by atoms with van der Waals surface area (Å²) in [4.78, 5) is 11.6. The molecule has 0 spiro atoms. The summed E-state index contributed by atoms with van der Waals surface area (Å²) in [5.74, 6) is 0. The molecule has 1 aromatic rings. The molecule has 0 unspecified atom stereocenters. The number of carbonyl (C=O) groups excluding carboxylic acids is 1. The molecule has 1 aromatic carbocycles. The van der Waals surface area contributed by atoms with E-state index in [0.717, 1.165) is 18.4 Å². The Kier molecular flexibility index (Phi) is 5.84. The van der Waals surface area contributed by atoms with Gasteiger partial charge in [-0.05, 0) is 30.5 Å². The zero-order valence-corrected chi connectivity index (χ0v) is 11.1. The van der Waals surface area contributed by atoms with E-state index in [1.807, 2.05) is 38.1 Å². The quantitative estimate of drug-likeness (QED) is 0.830. The van der Waals surface area contributed by atoms with Gasteiger partial charge in [0.2, 0.25) is 0 Å². The van der Waals surface area contributed by atoms with Crippen LogP contribution in [0.3, 0.4) is 0 Å². The van der Waals surface area contributed by atoms with Crippen LogP contribution in [0.1, 0.15) is 38.3 Å². The molecule has 17 heavy (non-hydrogen) atoms. The van der Waals surface area contributed by atoms with Crippen molar-refractivity contribution >= 4 is 17.6 Å². The molecule has 0 saturated heterocycles. The van der Waals surface area contributed by atoms with Crippen LogP contribution in [0, 0.1) is 0 Å². The molecule has 94 valence electrons. The first kappa shape index (κ1) is 13.8. The predicted molar refractivity (Wildman–Crippen MR) is 71.3 cm³/mol. The van der Waals surface area contributed by atoms with E-state index in [9.17, 15) is 4.79 Å². The maximum absolute atomic E-state index is 11.6. The number of benzene rings is 1. The molecule has 0 fully saturated rings. The number of halogens is 1. The van der Waals surface area contributed by atoms with Gasteiger partial charge in [-0.25, -0.2) is 4.79 Å². The zero-order valence-electron chi connectivity index (χ0n) is 10.3. The van der Waals surface area contributed by atoms with Crippen LogP contribution < -0.4 is 10.6 Å². The van der Waals surface area contributed by atoms with Crippen molar-refractivity contribution in [2.24, 2.45) is 0 Å². The minimum atomic E-state index is -0.117. The molecule has 0 aliphatic heterocycles. The van der Waals surface area contributed by atoms with Crippen molar-refractivity contribution in [1.29, 1.82) is 0 Å². The number of urea groups is 1.